The number of hydrogen-bond donors (Lipinski definition) is 2. The number of carbonyl (C=O) groups excluding carboxylic acids is 1. The highest BCUT2D eigenvalue weighted by Crippen LogP contribution is 2.28. The number of benzene rings is 1. The average Bonchev–Trinajstić information content (AvgIpc) is 2.62. The van der Waals surface area contributed by atoms with Gasteiger partial charge in [-0.3, -0.25) is 4.79 Å². The Morgan fingerprint density at radius 3 is 2.88 bits per heavy atom. The monoisotopic (exact) mass is 217 g/mol. The molecule has 0 radical (unpaired) electrons. The number of H-pyrrole nitrogens is 1. The van der Waals surface area contributed by atoms with Gasteiger partial charge in [-0.15, -0.1) is 0 Å². The summed E-state index contributed by atoms with van der Waals surface area (Å²) in [7, 11) is 0. The Labute approximate surface area is 94.1 Å². The van der Waals surface area contributed by atoms with Crippen LogP contribution in [0.1, 0.15) is 36.5 Å². The van der Waals surface area contributed by atoms with Gasteiger partial charge in [0.2, 0.25) is 5.88 Å². The fraction of sp³-hybridized carbons (Fsp3) is 0.308. The minimum atomic E-state index is -0.0118. The van der Waals surface area contributed by atoms with E-state index in [9.17, 15) is 9.90 Å². The topological polar surface area (TPSA) is 53.1 Å². The maximum absolute atomic E-state index is 11.9. The highest BCUT2D eigenvalue weighted by molar-refractivity contribution is 6.10. The van der Waals surface area contributed by atoms with E-state index in [0.717, 1.165) is 23.7 Å². The smallest absolute Gasteiger partial charge is 0.200 e. The number of aromatic nitrogens is 1. The molecule has 0 amide bonds. The summed E-state index contributed by atoms with van der Waals surface area (Å²) in [6.45, 7) is 2.04. The van der Waals surface area contributed by atoms with Crippen molar-refractivity contribution in [2.75, 3.05) is 0 Å². The van der Waals surface area contributed by atoms with Crippen LogP contribution in [0.5, 0.6) is 5.88 Å². The molecule has 1 aromatic carbocycles. The van der Waals surface area contributed by atoms with Crippen molar-refractivity contribution in [3.63, 3.8) is 0 Å². The van der Waals surface area contributed by atoms with E-state index >= 15 is 0 Å². The lowest BCUT2D eigenvalue weighted by atomic mass is 10.0. The molecule has 0 spiro atoms. The van der Waals surface area contributed by atoms with Gasteiger partial charge in [-0.25, -0.2) is 0 Å². The zero-order valence-corrected chi connectivity index (χ0v) is 9.29. The highest BCUT2D eigenvalue weighted by atomic mass is 16.3. The van der Waals surface area contributed by atoms with Gasteiger partial charge in [0.05, 0.1) is 5.56 Å². The van der Waals surface area contributed by atoms with Gasteiger partial charge >= 0.3 is 0 Å². The third-order valence-electron chi connectivity index (χ3n) is 2.72. The number of nitrogens with one attached hydrogen (secondary N) is 1. The number of aromatic hydroxyl groups is 1. The van der Waals surface area contributed by atoms with Gasteiger partial charge in [0.1, 0.15) is 0 Å². The lowest BCUT2D eigenvalue weighted by Crippen LogP contribution is -1.97. The number of ketones is 1. The second kappa shape index (κ2) is 4.39. The van der Waals surface area contributed by atoms with Crippen LogP contribution in [0.4, 0.5) is 0 Å². The average molecular weight is 217 g/mol. The van der Waals surface area contributed by atoms with Crippen molar-refractivity contribution in [2.24, 2.45) is 0 Å². The van der Waals surface area contributed by atoms with Gasteiger partial charge in [0.15, 0.2) is 5.78 Å². The molecular weight excluding hydrogens is 202 g/mol. The van der Waals surface area contributed by atoms with Gasteiger partial charge < -0.3 is 10.1 Å². The minimum absolute atomic E-state index is 0.0109. The Morgan fingerprint density at radius 2 is 2.12 bits per heavy atom. The van der Waals surface area contributed by atoms with Crippen LogP contribution in [-0.4, -0.2) is 15.9 Å². The van der Waals surface area contributed by atoms with Crippen LogP contribution in [0.3, 0.4) is 0 Å². The number of para-hydroxylation sites is 1. The molecule has 2 rings (SSSR count). The lowest BCUT2D eigenvalue weighted by Gasteiger charge is -1.98. The molecule has 1 heterocycles. The molecular formula is C13H15NO2. The second-order valence-corrected chi connectivity index (χ2v) is 3.92. The zero-order valence-electron chi connectivity index (χ0n) is 9.29. The molecule has 3 heteroatoms. The van der Waals surface area contributed by atoms with Crippen molar-refractivity contribution in [2.45, 2.75) is 26.2 Å². The molecule has 0 bridgehead atoms. The van der Waals surface area contributed by atoms with Crippen molar-refractivity contribution in [1.82, 2.24) is 4.98 Å². The van der Waals surface area contributed by atoms with Crippen molar-refractivity contribution >= 4 is 16.7 Å². The van der Waals surface area contributed by atoms with Crippen LogP contribution >= 0.6 is 0 Å². The summed E-state index contributed by atoms with van der Waals surface area (Å²) in [5.74, 6) is -0.000830. The summed E-state index contributed by atoms with van der Waals surface area (Å²) >= 11 is 0. The third kappa shape index (κ3) is 1.81. The number of fused-ring (bicyclic) bond motifs is 1. The minimum Gasteiger partial charge on any atom is -0.494 e. The number of rotatable bonds is 4. The SMILES string of the molecule is CCCCC(=O)c1c(O)[nH]c2ccccc12. The molecule has 16 heavy (non-hydrogen) atoms. The second-order valence-electron chi connectivity index (χ2n) is 3.92. The molecule has 3 nitrogen and oxygen atoms in total. The van der Waals surface area contributed by atoms with Crippen molar-refractivity contribution in [3.8, 4) is 5.88 Å². The summed E-state index contributed by atoms with van der Waals surface area (Å²) in [6.07, 6.45) is 2.33. The van der Waals surface area contributed by atoms with E-state index in [1.807, 2.05) is 31.2 Å². The molecule has 0 saturated carbocycles. The van der Waals surface area contributed by atoms with Gasteiger partial charge in [-0.2, -0.15) is 0 Å². The summed E-state index contributed by atoms with van der Waals surface area (Å²) in [4.78, 5) is 14.7. The molecule has 0 atom stereocenters. The summed E-state index contributed by atoms with van der Waals surface area (Å²) in [5, 5.41) is 10.5. The number of carbonyl (C=O) groups is 1. The van der Waals surface area contributed by atoms with Crippen LogP contribution in [0.2, 0.25) is 0 Å². The Morgan fingerprint density at radius 1 is 1.38 bits per heavy atom. The molecule has 0 fully saturated rings. The van der Waals surface area contributed by atoms with Crippen LogP contribution in [0, 0.1) is 0 Å². The fourth-order valence-corrected chi connectivity index (χ4v) is 1.87. The molecule has 84 valence electrons. The van der Waals surface area contributed by atoms with E-state index < -0.39 is 0 Å². The molecule has 0 aliphatic heterocycles. The van der Waals surface area contributed by atoms with Crippen molar-refractivity contribution < 1.29 is 9.90 Å². The van der Waals surface area contributed by atoms with Gasteiger partial charge in [0, 0.05) is 17.3 Å². The molecule has 0 saturated heterocycles. The largest absolute Gasteiger partial charge is 0.494 e. The van der Waals surface area contributed by atoms with Gasteiger partial charge in [-0.1, -0.05) is 31.5 Å². The fourth-order valence-electron chi connectivity index (χ4n) is 1.87. The number of hydrogen-bond acceptors (Lipinski definition) is 2. The Hall–Kier alpha value is -1.77. The Balaban J connectivity index is 2.43. The first-order chi connectivity index (χ1) is 7.74. The maximum Gasteiger partial charge on any atom is 0.200 e. The van der Waals surface area contributed by atoms with Crippen LogP contribution in [0.15, 0.2) is 24.3 Å². The van der Waals surface area contributed by atoms with E-state index in [1.165, 1.54) is 0 Å². The van der Waals surface area contributed by atoms with E-state index in [-0.39, 0.29) is 11.7 Å². The third-order valence-corrected chi connectivity index (χ3v) is 2.72. The van der Waals surface area contributed by atoms with Crippen molar-refractivity contribution in [1.29, 1.82) is 0 Å². The van der Waals surface area contributed by atoms with E-state index in [2.05, 4.69) is 4.98 Å². The molecule has 0 unspecified atom stereocenters. The first-order valence-corrected chi connectivity index (χ1v) is 5.57. The predicted molar refractivity (Wildman–Crippen MR) is 63.8 cm³/mol. The number of unbranched alkanes of at least 4 members (excludes halogenated alkanes) is 1. The molecule has 2 aromatic rings. The predicted octanol–water partition coefficient (Wildman–Crippen LogP) is 3.25. The van der Waals surface area contributed by atoms with Crippen LogP contribution < -0.4 is 0 Å². The van der Waals surface area contributed by atoms with Gasteiger partial charge in [-0.05, 0) is 12.5 Å². The molecule has 1 aromatic heterocycles. The van der Waals surface area contributed by atoms with E-state index in [0.29, 0.717) is 12.0 Å². The Kier molecular flexibility index (Phi) is 2.95. The molecule has 2 N–H and O–H groups in total. The van der Waals surface area contributed by atoms with Crippen LogP contribution in [0.25, 0.3) is 10.9 Å². The first-order valence-electron chi connectivity index (χ1n) is 5.57. The maximum atomic E-state index is 11.9. The quantitative estimate of drug-likeness (QED) is 0.772. The molecule has 0 aliphatic carbocycles. The Bertz CT molecular complexity index is 514. The summed E-state index contributed by atoms with van der Waals surface area (Å²) in [6, 6.07) is 7.45. The number of Topliss-reactive ketones (excluding diaryl/α,β-unsaturated/α-hetero) is 1. The standard InChI is InChI=1S/C13H15NO2/c1-2-3-8-11(15)12-9-6-4-5-7-10(9)14-13(12)16/h4-7,14,16H,2-3,8H2,1H3. The molecule has 0 aliphatic rings. The first kappa shape index (κ1) is 10.7. The van der Waals surface area contributed by atoms with Gasteiger partial charge in [0.25, 0.3) is 0 Å². The zero-order chi connectivity index (χ0) is 11.5. The lowest BCUT2D eigenvalue weighted by molar-refractivity contribution is 0.0979. The summed E-state index contributed by atoms with van der Waals surface area (Å²) < 4.78 is 0. The van der Waals surface area contributed by atoms with Crippen molar-refractivity contribution in [3.05, 3.63) is 29.8 Å². The van der Waals surface area contributed by atoms with E-state index in [4.69, 9.17) is 0 Å². The number of aromatic amines is 1. The highest BCUT2D eigenvalue weighted by Gasteiger charge is 2.16. The normalized spacial score (nSPS) is 10.8. The van der Waals surface area contributed by atoms with E-state index in [1.54, 1.807) is 0 Å². The van der Waals surface area contributed by atoms with Crippen LogP contribution in [-0.2, 0) is 0 Å². The summed E-state index contributed by atoms with van der Waals surface area (Å²) in [5.41, 5.74) is 1.24.